The first-order valence-corrected chi connectivity index (χ1v) is 12.9. The largest absolute Gasteiger partial charge is 0.477 e. The Bertz CT molecular complexity index is 1010. The molecule has 1 aromatic heterocycles. The van der Waals surface area contributed by atoms with E-state index in [-0.39, 0.29) is 17.3 Å². The molecule has 0 aliphatic carbocycles. The predicted molar refractivity (Wildman–Crippen MR) is 133 cm³/mol. The number of likely N-dealkylation sites (tertiary alicyclic amines) is 1. The quantitative estimate of drug-likeness (QED) is 0.275. The lowest BCUT2D eigenvalue weighted by molar-refractivity contribution is -0.148. The third-order valence-corrected chi connectivity index (χ3v) is 7.60. The van der Waals surface area contributed by atoms with Gasteiger partial charge in [-0.15, -0.1) is 11.3 Å². The first kappa shape index (κ1) is 27.0. The molecule has 190 valence electrons. The second-order valence-electron chi connectivity index (χ2n) is 9.23. The van der Waals surface area contributed by atoms with Crippen molar-refractivity contribution >= 4 is 23.2 Å². The zero-order chi connectivity index (χ0) is 25.4. The van der Waals surface area contributed by atoms with Crippen LogP contribution in [-0.4, -0.2) is 51.6 Å². The summed E-state index contributed by atoms with van der Waals surface area (Å²) in [6.07, 6.45) is 6.46. The van der Waals surface area contributed by atoms with Gasteiger partial charge in [0, 0.05) is 17.8 Å². The Labute approximate surface area is 209 Å². The number of nitrogens with zero attached hydrogens (tertiary/aromatic N) is 1. The molecular weight excluding hydrogens is 472 g/mol. The summed E-state index contributed by atoms with van der Waals surface area (Å²) >= 11 is 1.15. The Hall–Kier alpha value is -2.58. The number of hydrogen-bond acceptors (Lipinski definition) is 4. The van der Waals surface area contributed by atoms with E-state index in [1.54, 1.807) is 12.1 Å². The number of unbranched alkanes of at least 4 members (excludes halogenated alkanes) is 1. The summed E-state index contributed by atoms with van der Waals surface area (Å²) in [5, 5.41) is 19.5. The van der Waals surface area contributed by atoms with E-state index in [0.29, 0.717) is 12.8 Å². The summed E-state index contributed by atoms with van der Waals surface area (Å²) in [6.45, 7) is 2.09. The smallest absolute Gasteiger partial charge is 0.345 e. The van der Waals surface area contributed by atoms with Crippen LogP contribution < -0.4 is 0 Å². The van der Waals surface area contributed by atoms with E-state index in [1.807, 2.05) is 25.1 Å². The molecule has 1 unspecified atom stereocenters. The Morgan fingerprint density at radius 2 is 1.91 bits per heavy atom. The average Bonchev–Trinajstić information content (AvgIpc) is 3.39. The number of carbonyl (C=O) groups excluding carboxylic acids is 1. The summed E-state index contributed by atoms with van der Waals surface area (Å²) in [5.74, 6) is -5.62. The molecule has 8 heteroatoms. The molecule has 1 fully saturated rings. The van der Waals surface area contributed by atoms with E-state index in [0.717, 1.165) is 41.9 Å². The van der Waals surface area contributed by atoms with Gasteiger partial charge < -0.3 is 15.1 Å². The number of aliphatic hydroxyl groups is 1. The molecule has 2 N–H and O–H groups in total. The van der Waals surface area contributed by atoms with Gasteiger partial charge in [-0.1, -0.05) is 55.8 Å². The molecule has 0 radical (unpaired) electrons. The SMILES string of the molecule is C[C@H](CCCCc1ccccc1)[C@H](O)C=CC1CC(F)(F)C(=O)N1CCCc1ccc(C(=O)O)s1. The summed E-state index contributed by atoms with van der Waals surface area (Å²) in [4.78, 5) is 25.5. The van der Waals surface area contributed by atoms with Crippen LogP contribution in [0.15, 0.2) is 54.6 Å². The lowest BCUT2D eigenvalue weighted by Crippen LogP contribution is -2.36. The third-order valence-electron chi connectivity index (χ3n) is 6.47. The minimum atomic E-state index is -3.41. The Balaban J connectivity index is 1.48. The van der Waals surface area contributed by atoms with Crippen LogP contribution >= 0.6 is 11.3 Å². The number of aromatic carboxylic acids is 1. The Kier molecular flexibility index (Phi) is 9.57. The van der Waals surface area contributed by atoms with Crippen LogP contribution in [0.4, 0.5) is 8.78 Å². The molecule has 1 aromatic carbocycles. The van der Waals surface area contributed by atoms with Crippen LogP contribution in [-0.2, 0) is 17.6 Å². The van der Waals surface area contributed by atoms with Crippen molar-refractivity contribution in [2.24, 2.45) is 5.92 Å². The second kappa shape index (κ2) is 12.4. The molecule has 1 amide bonds. The molecule has 1 aliphatic heterocycles. The number of carboxylic acid groups (broad SMARTS) is 1. The molecule has 1 aliphatic rings. The van der Waals surface area contributed by atoms with Crippen molar-refractivity contribution in [3.63, 3.8) is 0 Å². The zero-order valence-corrected chi connectivity index (χ0v) is 20.7. The zero-order valence-electron chi connectivity index (χ0n) is 19.9. The minimum Gasteiger partial charge on any atom is -0.477 e. The van der Waals surface area contributed by atoms with E-state index in [4.69, 9.17) is 5.11 Å². The van der Waals surface area contributed by atoms with Gasteiger partial charge in [0.1, 0.15) is 4.88 Å². The van der Waals surface area contributed by atoms with Crippen molar-refractivity contribution < 1.29 is 28.6 Å². The number of amides is 1. The topological polar surface area (TPSA) is 77.8 Å². The first-order chi connectivity index (χ1) is 16.7. The number of rotatable bonds is 13. The van der Waals surface area contributed by atoms with Crippen LogP contribution in [0.25, 0.3) is 0 Å². The van der Waals surface area contributed by atoms with Gasteiger partial charge in [0.15, 0.2) is 0 Å². The molecule has 3 atom stereocenters. The van der Waals surface area contributed by atoms with Gasteiger partial charge in [0.2, 0.25) is 0 Å². The summed E-state index contributed by atoms with van der Waals surface area (Å²) in [6, 6.07) is 12.7. The van der Waals surface area contributed by atoms with Crippen LogP contribution in [0.3, 0.4) is 0 Å². The number of thiophene rings is 1. The molecule has 2 heterocycles. The molecule has 0 saturated carbocycles. The number of aliphatic hydroxyl groups excluding tert-OH is 1. The number of hydrogen-bond donors (Lipinski definition) is 2. The third kappa shape index (κ3) is 7.70. The normalized spacial score (nSPS) is 19.4. The van der Waals surface area contributed by atoms with Crippen molar-refractivity contribution in [1.82, 2.24) is 4.90 Å². The van der Waals surface area contributed by atoms with Gasteiger partial charge in [0.25, 0.3) is 5.91 Å². The van der Waals surface area contributed by atoms with Gasteiger partial charge in [-0.3, -0.25) is 4.79 Å². The number of carboxylic acids is 1. The summed E-state index contributed by atoms with van der Waals surface area (Å²) < 4.78 is 28.3. The van der Waals surface area contributed by atoms with Gasteiger partial charge in [-0.05, 0) is 55.7 Å². The van der Waals surface area contributed by atoms with E-state index < -0.39 is 36.4 Å². The maximum atomic E-state index is 14.2. The molecule has 35 heavy (non-hydrogen) atoms. The lowest BCUT2D eigenvalue weighted by Gasteiger charge is -2.22. The van der Waals surface area contributed by atoms with Crippen molar-refractivity contribution in [2.45, 2.75) is 69.9 Å². The summed E-state index contributed by atoms with van der Waals surface area (Å²) in [5.41, 5.74) is 1.29. The van der Waals surface area contributed by atoms with E-state index in [1.165, 1.54) is 22.6 Å². The second-order valence-corrected chi connectivity index (χ2v) is 10.4. The standard InChI is InChI=1S/C27H33F2NO4S/c1-19(8-5-6-11-20-9-3-2-4-10-20)23(31)15-13-21-18-27(28,29)26(34)30(21)17-7-12-22-14-16-24(35-22)25(32)33/h2-4,9-10,13-16,19,21,23,31H,5-8,11-12,17-18H2,1H3,(H,32,33)/t19-,21?,23-/m1/s1. The fourth-order valence-electron chi connectivity index (χ4n) is 4.35. The first-order valence-electron chi connectivity index (χ1n) is 12.1. The van der Waals surface area contributed by atoms with Crippen molar-refractivity contribution in [1.29, 1.82) is 0 Å². The molecule has 0 spiro atoms. The maximum Gasteiger partial charge on any atom is 0.345 e. The minimum absolute atomic E-state index is 0.0182. The maximum absolute atomic E-state index is 14.2. The molecule has 3 rings (SSSR count). The molecular formula is C27H33F2NO4S. The average molecular weight is 506 g/mol. The van der Waals surface area contributed by atoms with Crippen molar-refractivity contribution in [3.05, 3.63) is 69.9 Å². The molecule has 1 saturated heterocycles. The van der Waals surface area contributed by atoms with E-state index in [9.17, 15) is 23.5 Å². The van der Waals surface area contributed by atoms with E-state index >= 15 is 0 Å². The highest BCUT2D eigenvalue weighted by Gasteiger charge is 2.52. The van der Waals surface area contributed by atoms with Crippen LogP contribution in [0.2, 0.25) is 0 Å². The van der Waals surface area contributed by atoms with Gasteiger partial charge in [-0.2, -0.15) is 8.78 Å². The lowest BCUT2D eigenvalue weighted by atomic mass is 9.95. The monoisotopic (exact) mass is 505 g/mol. The van der Waals surface area contributed by atoms with Crippen LogP contribution in [0.5, 0.6) is 0 Å². The van der Waals surface area contributed by atoms with Gasteiger partial charge in [0.05, 0.1) is 12.1 Å². The highest BCUT2D eigenvalue weighted by Crippen LogP contribution is 2.34. The number of alkyl halides is 2. The Morgan fingerprint density at radius 3 is 2.60 bits per heavy atom. The van der Waals surface area contributed by atoms with E-state index in [2.05, 4.69) is 12.1 Å². The highest BCUT2D eigenvalue weighted by atomic mass is 32.1. The fourth-order valence-corrected chi connectivity index (χ4v) is 5.24. The van der Waals surface area contributed by atoms with Gasteiger partial charge >= 0.3 is 11.9 Å². The number of benzene rings is 1. The van der Waals surface area contributed by atoms with Gasteiger partial charge in [-0.25, -0.2) is 4.79 Å². The summed E-state index contributed by atoms with van der Waals surface area (Å²) in [7, 11) is 0. The fraction of sp³-hybridized carbons (Fsp3) is 0.481. The highest BCUT2D eigenvalue weighted by molar-refractivity contribution is 7.13. The van der Waals surface area contributed by atoms with Crippen LogP contribution in [0.1, 0.15) is 59.1 Å². The number of carbonyl (C=O) groups is 2. The van der Waals surface area contributed by atoms with Crippen LogP contribution in [0, 0.1) is 5.92 Å². The van der Waals surface area contributed by atoms with Crippen molar-refractivity contribution in [2.75, 3.05) is 6.54 Å². The molecule has 5 nitrogen and oxygen atoms in total. The van der Waals surface area contributed by atoms with Crippen molar-refractivity contribution in [3.8, 4) is 0 Å². The Morgan fingerprint density at radius 1 is 1.17 bits per heavy atom. The molecule has 0 bridgehead atoms. The predicted octanol–water partition coefficient (Wildman–Crippen LogP) is 5.58. The molecule has 2 aromatic rings. The number of halogens is 2. The number of aryl methyl sites for hydroxylation is 2.